The van der Waals surface area contributed by atoms with Gasteiger partial charge >= 0.3 is 0 Å². The van der Waals surface area contributed by atoms with Crippen molar-refractivity contribution in [3.05, 3.63) is 97.2 Å². The molecule has 0 spiro atoms. The van der Waals surface area contributed by atoms with Crippen molar-refractivity contribution in [2.75, 3.05) is 0 Å². The number of aromatic nitrogens is 1. The lowest BCUT2D eigenvalue weighted by Crippen LogP contribution is -2.04. The molecule has 0 radical (unpaired) electrons. The second-order valence-corrected chi connectivity index (χ2v) is 6.00. The number of nitrogens with one attached hydrogen (secondary N) is 1. The summed E-state index contributed by atoms with van der Waals surface area (Å²) in [5.41, 5.74) is -2.08. The average Bonchev–Trinajstić information content (AvgIpc) is 2.73. The number of fused-ring (bicyclic) bond motifs is 3. The lowest BCUT2D eigenvalue weighted by atomic mass is 10.1. The highest BCUT2D eigenvalue weighted by molar-refractivity contribution is 6.04. The zero-order chi connectivity index (χ0) is 21.8. The molecule has 1 heterocycles. The molecule has 150 valence electrons. The third-order valence-corrected chi connectivity index (χ3v) is 4.21. The minimum absolute atomic E-state index is 0.384. The number of hydrogen-bond acceptors (Lipinski definition) is 7. The number of non-ortho nitro benzene ring substituents is 1. The van der Waals surface area contributed by atoms with Crippen LogP contribution < -0.4 is 10.1 Å². The molecule has 0 amide bonds. The Morgan fingerprint density at radius 1 is 0.700 bits per heavy atom. The van der Waals surface area contributed by atoms with E-state index in [0.29, 0.717) is 12.1 Å². The van der Waals surface area contributed by atoms with E-state index >= 15 is 0 Å². The Balaban J connectivity index is 0.000000171. The smallest absolute Gasteiger partial charge is 0.283 e. The molecule has 11 heteroatoms. The first-order valence-electron chi connectivity index (χ1n) is 8.36. The minimum atomic E-state index is -1.46. The summed E-state index contributed by atoms with van der Waals surface area (Å²) in [7, 11) is 0. The van der Waals surface area contributed by atoms with Gasteiger partial charge in [-0.15, -0.1) is 0 Å². The first-order valence-corrected chi connectivity index (χ1v) is 8.36. The fraction of sp³-hybridized carbons (Fsp3) is 0. The maximum Gasteiger partial charge on any atom is 0.283 e. The first kappa shape index (κ1) is 20.1. The van der Waals surface area contributed by atoms with E-state index in [1.54, 1.807) is 0 Å². The Kier molecular flexibility index (Phi) is 5.45. The van der Waals surface area contributed by atoms with Crippen LogP contribution in [0.3, 0.4) is 0 Å². The van der Waals surface area contributed by atoms with Crippen molar-refractivity contribution >= 4 is 38.7 Å². The van der Waals surface area contributed by atoms with Crippen LogP contribution in [0.1, 0.15) is 0 Å². The molecule has 0 aliphatic rings. The predicted octanol–water partition coefficient (Wildman–Crippen LogP) is 3.29. The summed E-state index contributed by atoms with van der Waals surface area (Å²) in [4.78, 5) is 30.8. The topological polar surface area (TPSA) is 167 Å². The van der Waals surface area contributed by atoms with Gasteiger partial charge in [-0.05, 0) is 22.9 Å². The molecule has 0 unspecified atom stereocenters. The number of nitrogens with zero attached hydrogens (tertiary/aromatic N) is 3. The van der Waals surface area contributed by atoms with Gasteiger partial charge in [-0.3, -0.25) is 30.3 Å². The van der Waals surface area contributed by atoms with Crippen molar-refractivity contribution in [3.8, 4) is 5.75 Å². The van der Waals surface area contributed by atoms with Crippen LogP contribution in [0.2, 0.25) is 0 Å². The second-order valence-electron chi connectivity index (χ2n) is 6.00. The number of pyridine rings is 1. The van der Waals surface area contributed by atoms with E-state index in [1.807, 2.05) is 12.3 Å². The van der Waals surface area contributed by atoms with Crippen LogP contribution in [0.25, 0.3) is 21.7 Å². The highest BCUT2D eigenvalue weighted by Gasteiger charge is 2.24. The summed E-state index contributed by atoms with van der Waals surface area (Å²) >= 11 is 0. The van der Waals surface area contributed by atoms with Gasteiger partial charge < -0.3 is 5.11 Å². The summed E-state index contributed by atoms with van der Waals surface area (Å²) < 4.78 is 0. The van der Waals surface area contributed by atoms with Gasteiger partial charge in [0, 0.05) is 12.1 Å². The molecule has 4 rings (SSSR count). The number of hydrogen-bond donors (Lipinski definition) is 0. The third kappa shape index (κ3) is 3.94. The molecule has 11 nitrogen and oxygen atoms in total. The summed E-state index contributed by atoms with van der Waals surface area (Å²) in [6, 6.07) is 17.7. The van der Waals surface area contributed by atoms with Crippen molar-refractivity contribution < 1.29 is 24.9 Å². The van der Waals surface area contributed by atoms with Gasteiger partial charge in [0.15, 0.2) is 6.20 Å². The fourth-order valence-corrected chi connectivity index (χ4v) is 2.84. The number of benzene rings is 3. The van der Waals surface area contributed by atoms with Gasteiger partial charge in [-0.1, -0.05) is 24.3 Å². The standard InChI is InChI=1S/C13H9N.C6H3N3O7/c1-2-5-11-10(4-1)7-8-13-12(11)6-3-9-14-13;10-6-4(8(13)14)1-3(7(11)12)2-5(6)9(15)16/h1-9H;1-2,10H. The third-order valence-electron chi connectivity index (χ3n) is 4.21. The van der Waals surface area contributed by atoms with Crippen molar-refractivity contribution in [3.63, 3.8) is 0 Å². The average molecular weight is 408 g/mol. The Hall–Kier alpha value is -4.67. The summed E-state index contributed by atoms with van der Waals surface area (Å²) in [6.07, 6.45) is 1.96. The normalized spacial score (nSPS) is 10.3. The minimum Gasteiger partial charge on any atom is -0.863 e. The van der Waals surface area contributed by atoms with E-state index in [1.165, 1.54) is 21.7 Å². The zero-order valence-electron chi connectivity index (χ0n) is 15.1. The molecular weight excluding hydrogens is 396 g/mol. The van der Waals surface area contributed by atoms with Gasteiger partial charge in [0.25, 0.3) is 17.1 Å². The largest absolute Gasteiger partial charge is 0.863 e. The molecule has 1 N–H and O–H groups in total. The number of rotatable bonds is 3. The van der Waals surface area contributed by atoms with E-state index in [-0.39, 0.29) is 0 Å². The molecular formula is C19H12N4O7. The monoisotopic (exact) mass is 408 g/mol. The van der Waals surface area contributed by atoms with Crippen LogP contribution in [0.4, 0.5) is 17.1 Å². The second kappa shape index (κ2) is 8.14. The predicted molar refractivity (Wildman–Crippen MR) is 104 cm³/mol. The molecule has 0 aliphatic carbocycles. The van der Waals surface area contributed by atoms with Crippen LogP contribution >= 0.6 is 0 Å². The number of nitro groups is 3. The molecule has 0 atom stereocenters. The number of aromatic amines is 1. The maximum atomic E-state index is 11.1. The maximum absolute atomic E-state index is 11.1. The molecule has 0 bridgehead atoms. The van der Waals surface area contributed by atoms with Crippen molar-refractivity contribution in [2.45, 2.75) is 0 Å². The number of nitro benzene ring substituents is 3. The van der Waals surface area contributed by atoms with Crippen LogP contribution in [0.15, 0.2) is 66.9 Å². The molecule has 0 aliphatic heterocycles. The first-order chi connectivity index (χ1) is 14.3. The van der Waals surface area contributed by atoms with Gasteiger partial charge in [-0.25, -0.2) is 4.98 Å². The van der Waals surface area contributed by atoms with Gasteiger partial charge in [-0.2, -0.15) is 0 Å². The Labute approximate surface area is 167 Å². The van der Waals surface area contributed by atoms with Crippen molar-refractivity contribution in [2.24, 2.45) is 0 Å². The molecule has 3 aromatic carbocycles. The van der Waals surface area contributed by atoms with E-state index in [2.05, 4.69) is 47.4 Å². The number of H-pyrrole nitrogens is 1. The highest BCUT2D eigenvalue weighted by Crippen LogP contribution is 2.36. The summed E-state index contributed by atoms with van der Waals surface area (Å²) in [5, 5.41) is 46.0. The van der Waals surface area contributed by atoms with Crippen molar-refractivity contribution in [1.82, 2.24) is 0 Å². The van der Waals surface area contributed by atoms with E-state index in [9.17, 15) is 35.4 Å². The van der Waals surface area contributed by atoms with Crippen LogP contribution in [-0.4, -0.2) is 14.8 Å². The quantitative estimate of drug-likeness (QED) is 0.285. The molecule has 30 heavy (non-hydrogen) atoms. The lowest BCUT2D eigenvalue weighted by molar-refractivity contribution is -0.420. The van der Waals surface area contributed by atoms with E-state index in [4.69, 9.17) is 0 Å². The summed E-state index contributed by atoms with van der Waals surface area (Å²) in [5.74, 6) is -1.46. The van der Waals surface area contributed by atoms with E-state index in [0.717, 1.165) is 0 Å². The zero-order valence-corrected chi connectivity index (χ0v) is 15.1. The lowest BCUT2D eigenvalue weighted by Gasteiger charge is -2.06. The Bertz CT molecular complexity index is 1220. The van der Waals surface area contributed by atoms with Gasteiger partial charge in [0.2, 0.25) is 5.52 Å². The molecule has 4 aromatic rings. The van der Waals surface area contributed by atoms with Crippen molar-refractivity contribution in [1.29, 1.82) is 0 Å². The van der Waals surface area contributed by atoms with Crippen LogP contribution in [-0.2, 0) is 0 Å². The van der Waals surface area contributed by atoms with E-state index < -0.39 is 37.6 Å². The Morgan fingerprint density at radius 2 is 1.30 bits per heavy atom. The van der Waals surface area contributed by atoms with Crippen LogP contribution in [0.5, 0.6) is 5.75 Å². The van der Waals surface area contributed by atoms with Gasteiger partial charge in [0.05, 0.1) is 38.0 Å². The fourth-order valence-electron chi connectivity index (χ4n) is 2.84. The van der Waals surface area contributed by atoms with Gasteiger partial charge in [0.1, 0.15) is 0 Å². The Morgan fingerprint density at radius 3 is 1.90 bits per heavy atom. The molecule has 1 aromatic heterocycles. The SMILES string of the molecule is O=[N+]([O-])c1cc([N+](=O)[O-])c([O-])c([N+](=O)[O-])c1.c1ccc2c(c1)ccc1[nH+]cccc12. The van der Waals surface area contributed by atoms with Crippen LogP contribution in [0, 0.1) is 30.3 Å². The summed E-state index contributed by atoms with van der Waals surface area (Å²) in [6.45, 7) is 0. The molecule has 0 fully saturated rings. The molecule has 0 saturated carbocycles. The highest BCUT2D eigenvalue weighted by atomic mass is 16.6. The molecule has 0 saturated heterocycles.